The summed E-state index contributed by atoms with van der Waals surface area (Å²) in [5, 5.41) is 10.8. The lowest BCUT2D eigenvalue weighted by Crippen LogP contribution is -2.49. The van der Waals surface area contributed by atoms with Crippen molar-refractivity contribution in [3.8, 4) is 11.3 Å². The third-order valence-electron chi connectivity index (χ3n) is 4.99. The van der Waals surface area contributed by atoms with Crippen LogP contribution in [0.5, 0.6) is 0 Å². The van der Waals surface area contributed by atoms with E-state index in [1.807, 2.05) is 24.4 Å². The maximum Gasteiger partial charge on any atom is 0.174 e. The van der Waals surface area contributed by atoms with Gasteiger partial charge in [-0.2, -0.15) is 5.10 Å². The Labute approximate surface area is 148 Å². The zero-order chi connectivity index (χ0) is 17.5. The number of nitrogens with one attached hydrogen (secondary N) is 2. The van der Waals surface area contributed by atoms with E-state index in [2.05, 4.69) is 27.6 Å². The standard InChI is InChI=1S/C19H27N3O3/c1-23-19(24-2)9-11-25-14-17(19)8-10-20-12-16-13-21-22-18(16)15-6-4-3-5-7-15/h3-7,13,17,20H,8-12,14H2,1-2H3,(H,21,22). The van der Waals surface area contributed by atoms with E-state index in [4.69, 9.17) is 14.2 Å². The summed E-state index contributed by atoms with van der Waals surface area (Å²) in [4.78, 5) is 0. The Hall–Kier alpha value is -1.73. The molecule has 136 valence electrons. The van der Waals surface area contributed by atoms with Crippen LogP contribution < -0.4 is 5.32 Å². The lowest BCUT2D eigenvalue weighted by atomic mass is 9.91. The van der Waals surface area contributed by atoms with Crippen LogP contribution in [0.2, 0.25) is 0 Å². The van der Waals surface area contributed by atoms with Gasteiger partial charge in [-0.05, 0) is 18.5 Å². The van der Waals surface area contributed by atoms with Crippen LogP contribution in [0.15, 0.2) is 36.5 Å². The maximum absolute atomic E-state index is 5.68. The van der Waals surface area contributed by atoms with E-state index in [0.29, 0.717) is 13.2 Å². The van der Waals surface area contributed by atoms with Crippen LogP contribution in [0.4, 0.5) is 0 Å². The molecule has 3 rings (SSSR count). The smallest absolute Gasteiger partial charge is 0.174 e. The highest BCUT2D eigenvalue weighted by Gasteiger charge is 2.41. The monoisotopic (exact) mass is 345 g/mol. The maximum atomic E-state index is 5.68. The van der Waals surface area contributed by atoms with Gasteiger partial charge in [0.2, 0.25) is 0 Å². The molecule has 0 saturated carbocycles. The van der Waals surface area contributed by atoms with Gasteiger partial charge < -0.3 is 19.5 Å². The second-order valence-corrected chi connectivity index (χ2v) is 6.34. The van der Waals surface area contributed by atoms with Crippen LogP contribution in [-0.2, 0) is 20.8 Å². The molecule has 2 aromatic rings. The number of rotatable bonds is 8. The average Bonchev–Trinajstić information content (AvgIpc) is 3.15. The van der Waals surface area contributed by atoms with Crippen LogP contribution >= 0.6 is 0 Å². The number of ether oxygens (including phenoxy) is 3. The van der Waals surface area contributed by atoms with Crippen LogP contribution in [0, 0.1) is 5.92 Å². The van der Waals surface area contributed by atoms with E-state index in [-0.39, 0.29) is 5.92 Å². The highest BCUT2D eigenvalue weighted by atomic mass is 16.7. The predicted octanol–water partition coefficient (Wildman–Crippen LogP) is 2.58. The minimum Gasteiger partial charge on any atom is -0.381 e. The van der Waals surface area contributed by atoms with E-state index in [1.165, 1.54) is 0 Å². The van der Waals surface area contributed by atoms with Gasteiger partial charge >= 0.3 is 0 Å². The molecule has 0 bridgehead atoms. The second-order valence-electron chi connectivity index (χ2n) is 6.34. The number of methoxy groups -OCH3 is 2. The summed E-state index contributed by atoms with van der Waals surface area (Å²) >= 11 is 0. The molecule has 6 heteroatoms. The molecule has 0 aliphatic carbocycles. The van der Waals surface area contributed by atoms with Gasteiger partial charge in [0.15, 0.2) is 5.79 Å². The van der Waals surface area contributed by atoms with Gasteiger partial charge in [0.25, 0.3) is 0 Å². The number of H-pyrrole nitrogens is 1. The molecule has 0 spiro atoms. The molecule has 6 nitrogen and oxygen atoms in total. The minimum atomic E-state index is -0.523. The molecular weight excluding hydrogens is 318 g/mol. The predicted molar refractivity (Wildman–Crippen MR) is 96.0 cm³/mol. The highest BCUT2D eigenvalue weighted by molar-refractivity contribution is 5.62. The van der Waals surface area contributed by atoms with Gasteiger partial charge in [-0.3, -0.25) is 5.10 Å². The van der Waals surface area contributed by atoms with E-state index < -0.39 is 5.79 Å². The number of benzene rings is 1. The summed E-state index contributed by atoms with van der Waals surface area (Å²) in [6, 6.07) is 10.3. The Balaban J connectivity index is 1.53. The fraction of sp³-hybridized carbons (Fsp3) is 0.526. The first kappa shape index (κ1) is 18.1. The van der Waals surface area contributed by atoms with Crippen molar-refractivity contribution >= 4 is 0 Å². The summed E-state index contributed by atoms with van der Waals surface area (Å²) in [7, 11) is 3.43. The van der Waals surface area contributed by atoms with Crippen molar-refractivity contribution in [3.05, 3.63) is 42.1 Å². The Bertz CT molecular complexity index is 640. The lowest BCUT2D eigenvalue weighted by Gasteiger charge is -2.41. The van der Waals surface area contributed by atoms with Crippen molar-refractivity contribution in [1.82, 2.24) is 15.5 Å². The van der Waals surface area contributed by atoms with E-state index >= 15 is 0 Å². The first-order valence-corrected chi connectivity index (χ1v) is 8.75. The molecule has 25 heavy (non-hydrogen) atoms. The first-order chi connectivity index (χ1) is 12.3. The van der Waals surface area contributed by atoms with E-state index in [0.717, 1.165) is 42.8 Å². The Morgan fingerprint density at radius 1 is 1.28 bits per heavy atom. The van der Waals surface area contributed by atoms with Gasteiger partial charge in [0.05, 0.1) is 25.1 Å². The van der Waals surface area contributed by atoms with E-state index in [9.17, 15) is 0 Å². The molecule has 1 aliphatic rings. The molecule has 1 atom stereocenters. The molecule has 2 N–H and O–H groups in total. The fourth-order valence-corrected chi connectivity index (χ4v) is 3.49. The van der Waals surface area contributed by atoms with Gasteiger partial charge in [0.1, 0.15) is 0 Å². The van der Waals surface area contributed by atoms with Gasteiger partial charge in [0, 0.05) is 38.7 Å². The zero-order valence-electron chi connectivity index (χ0n) is 15.0. The van der Waals surface area contributed by atoms with Crippen LogP contribution in [0.25, 0.3) is 11.3 Å². The summed E-state index contributed by atoms with van der Waals surface area (Å²) in [6.07, 6.45) is 3.58. The van der Waals surface area contributed by atoms with Gasteiger partial charge in [-0.1, -0.05) is 30.3 Å². The second kappa shape index (κ2) is 8.58. The van der Waals surface area contributed by atoms with Crippen LogP contribution in [0.3, 0.4) is 0 Å². The highest BCUT2D eigenvalue weighted by Crippen LogP contribution is 2.32. The average molecular weight is 345 g/mol. The van der Waals surface area contributed by atoms with Crippen molar-refractivity contribution in [2.24, 2.45) is 5.92 Å². The SMILES string of the molecule is COC1(OC)CCOCC1CCNCc1cn[nH]c1-c1ccccc1. The van der Waals surface area contributed by atoms with Crippen molar-refractivity contribution in [3.63, 3.8) is 0 Å². The first-order valence-electron chi connectivity index (χ1n) is 8.75. The summed E-state index contributed by atoms with van der Waals surface area (Å²) < 4.78 is 17.0. The number of aromatic nitrogens is 2. The van der Waals surface area contributed by atoms with Crippen molar-refractivity contribution in [2.75, 3.05) is 34.0 Å². The molecule has 1 saturated heterocycles. The molecule has 1 aliphatic heterocycles. The largest absolute Gasteiger partial charge is 0.381 e. The molecule has 2 heterocycles. The summed E-state index contributed by atoms with van der Waals surface area (Å²) in [5.74, 6) is -0.299. The molecule has 1 fully saturated rings. The number of aromatic amines is 1. The molecular formula is C19H27N3O3. The van der Waals surface area contributed by atoms with Gasteiger partial charge in [-0.15, -0.1) is 0 Å². The molecule has 0 amide bonds. The Morgan fingerprint density at radius 3 is 2.84 bits per heavy atom. The lowest BCUT2D eigenvalue weighted by molar-refractivity contribution is -0.276. The Kier molecular flexibility index (Phi) is 6.20. The van der Waals surface area contributed by atoms with E-state index in [1.54, 1.807) is 14.2 Å². The summed E-state index contributed by atoms with van der Waals surface area (Å²) in [5.41, 5.74) is 3.38. The van der Waals surface area contributed by atoms with Gasteiger partial charge in [-0.25, -0.2) is 0 Å². The van der Waals surface area contributed by atoms with Crippen molar-refractivity contribution in [2.45, 2.75) is 25.2 Å². The van der Waals surface area contributed by atoms with Crippen molar-refractivity contribution in [1.29, 1.82) is 0 Å². The summed E-state index contributed by atoms with van der Waals surface area (Å²) in [6.45, 7) is 2.98. The molecule has 0 radical (unpaired) electrons. The van der Waals surface area contributed by atoms with Crippen LogP contribution in [0.1, 0.15) is 18.4 Å². The zero-order valence-corrected chi connectivity index (χ0v) is 15.0. The number of hydrogen-bond acceptors (Lipinski definition) is 5. The van der Waals surface area contributed by atoms with Crippen LogP contribution in [-0.4, -0.2) is 50.0 Å². The topological polar surface area (TPSA) is 68.4 Å². The fourth-order valence-electron chi connectivity index (χ4n) is 3.49. The Morgan fingerprint density at radius 2 is 2.08 bits per heavy atom. The minimum absolute atomic E-state index is 0.224. The number of hydrogen-bond donors (Lipinski definition) is 2. The number of nitrogens with zero attached hydrogens (tertiary/aromatic N) is 1. The normalized spacial score (nSPS) is 19.8. The third kappa shape index (κ3) is 4.10. The molecule has 1 aromatic heterocycles. The third-order valence-corrected chi connectivity index (χ3v) is 4.99. The quantitative estimate of drug-likeness (QED) is 0.568. The van der Waals surface area contributed by atoms with Crippen molar-refractivity contribution < 1.29 is 14.2 Å². The molecule has 1 unspecified atom stereocenters. The molecule has 1 aromatic carbocycles.